The third kappa shape index (κ3) is 2.40. The zero-order chi connectivity index (χ0) is 12.6. The Balaban J connectivity index is 2.33. The summed E-state index contributed by atoms with van der Waals surface area (Å²) in [5, 5.41) is 12.6. The van der Waals surface area contributed by atoms with Gasteiger partial charge in [0.15, 0.2) is 6.61 Å². The quantitative estimate of drug-likeness (QED) is 0.708. The molecule has 0 saturated carbocycles. The van der Waals surface area contributed by atoms with Crippen LogP contribution in [0, 0.1) is 0 Å². The molecular formula is C12H16N2O3. The van der Waals surface area contributed by atoms with E-state index in [0.717, 1.165) is 5.56 Å². The number of carbonyl (C=O) groups excluding carboxylic acids is 1. The summed E-state index contributed by atoms with van der Waals surface area (Å²) in [5.74, 6) is 0.433. The SMILES string of the molecule is CC(C)(O)C(N)c1ccc2c(c1)NC(=O)CO2. The van der Waals surface area contributed by atoms with E-state index in [1.165, 1.54) is 0 Å². The minimum atomic E-state index is -1.02. The van der Waals surface area contributed by atoms with Crippen LogP contribution in [0.3, 0.4) is 0 Å². The van der Waals surface area contributed by atoms with Crippen LogP contribution < -0.4 is 15.8 Å². The van der Waals surface area contributed by atoms with Gasteiger partial charge in [-0.1, -0.05) is 6.07 Å². The van der Waals surface area contributed by atoms with Gasteiger partial charge in [-0.05, 0) is 31.5 Å². The second-order valence-electron chi connectivity index (χ2n) is 4.72. The molecule has 1 amide bonds. The summed E-state index contributed by atoms with van der Waals surface area (Å²) < 4.78 is 5.24. The maximum atomic E-state index is 11.2. The minimum Gasteiger partial charge on any atom is -0.482 e. The first kappa shape index (κ1) is 11.9. The highest BCUT2D eigenvalue weighted by Gasteiger charge is 2.26. The summed E-state index contributed by atoms with van der Waals surface area (Å²) in [5.41, 5.74) is 6.26. The fourth-order valence-corrected chi connectivity index (χ4v) is 1.70. The molecule has 1 unspecified atom stereocenters. The lowest BCUT2D eigenvalue weighted by atomic mass is 9.92. The smallest absolute Gasteiger partial charge is 0.262 e. The number of rotatable bonds is 2. The van der Waals surface area contributed by atoms with Crippen molar-refractivity contribution in [3.05, 3.63) is 23.8 Å². The highest BCUT2D eigenvalue weighted by molar-refractivity contribution is 5.95. The van der Waals surface area contributed by atoms with Crippen molar-refractivity contribution < 1.29 is 14.6 Å². The van der Waals surface area contributed by atoms with Crippen LogP contribution in [-0.4, -0.2) is 23.2 Å². The highest BCUT2D eigenvalue weighted by Crippen LogP contribution is 2.32. The number of hydrogen-bond acceptors (Lipinski definition) is 4. The highest BCUT2D eigenvalue weighted by atomic mass is 16.5. The van der Waals surface area contributed by atoms with Crippen LogP contribution in [0.5, 0.6) is 5.75 Å². The molecule has 17 heavy (non-hydrogen) atoms. The van der Waals surface area contributed by atoms with E-state index in [1.807, 2.05) is 0 Å². The summed E-state index contributed by atoms with van der Waals surface area (Å²) >= 11 is 0. The van der Waals surface area contributed by atoms with Crippen LogP contribution in [0.25, 0.3) is 0 Å². The van der Waals surface area contributed by atoms with Crippen LogP contribution in [0.1, 0.15) is 25.5 Å². The lowest BCUT2D eigenvalue weighted by Gasteiger charge is -2.27. The zero-order valence-corrected chi connectivity index (χ0v) is 9.86. The Labute approximate surface area is 99.6 Å². The molecule has 1 atom stereocenters. The minimum absolute atomic E-state index is 0.0316. The summed E-state index contributed by atoms with van der Waals surface area (Å²) in [4.78, 5) is 11.2. The Morgan fingerprint density at radius 1 is 1.53 bits per heavy atom. The van der Waals surface area contributed by atoms with Crippen molar-refractivity contribution in [2.45, 2.75) is 25.5 Å². The maximum absolute atomic E-state index is 11.2. The summed E-state index contributed by atoms with van der Waals surface area (Å²) in [7, 11) is 0. The molecule has 0 fully saturated rings. The molecule has 0 radical (unpaired) electrons. The summed E-state index contributed by atoms with van der Waals surface area (Å²) in [6, 6.07) is 4.75. The standard InChI is InChI=1S/C12H16N2O3/c1-12(2,16)11(13)7-3-4-9-8(5-7)14-10(15)6-17-9/h3-5,11,16H,6,13H2,1-2H3,(H,14,15). The topological polar surface area (TPSA) is 84.6 Å². The van der Waals surface area contributed by atoms with E-state index in [4.69, 9.17) is 10.5 Å². The fourth-order valence-electron chi connectivity index (χ4n) is 1.70. The molecule has 4 N–H and O–H groups in total. The lowest BCUT2D eigenvalue weighted by molar-refractivity contribution is -0.118. The molecule has 0 bridgehead atoms. The van der Waals surface area contributed by atoms with Crippen LogP contribution in [0.4, 0.5) is 5.69 Å². The number of anilines is 1. The van der Waals surface area contributed by atoms with Crippen molar-refractivity contribution in [2.75, 3.05) is 11.9 Å². The Bertz CT molecular complexity index is 452. The summed E-state index contributed by atoms with van der Waals surface area (Å²) in [6.45, 7) is 3.32. The molecular weight excluding hydrogens is 220 g/mol. The van der Waals surface area contributed by atoms with E-state index < -0.39 is 11.6 Å². The predicted molar refractivity (Wildman–Crippen MR) is 63.8 cm³/mol. The molecule has 5 heteroatoms. The van der Waals surface area contributed by atoms with Crippen LogP contribution in [0.2, 0.25) is 0 Å². The van der Waals surface area contributed by atoms with Crippen molar-refractivity contribution in [1.29, 1.82) is 0 Å². The molecule has 1 aliphatic heterocycles. The van der Waals surface area contributed by atoms with E-state index in [9.17, 15) is 9.90 Å². The number of fused-ring (bicyclic) bond motifs is 1. The van der Waals surface area contributed by atoms with Crippen molar-refractivity contribution in [3.8, 4) is 5.75 Å². The van der Waals surface area contributed by atoms with E-state index >= 15 is 0 Å². The van der Waals surface area contributed by atoms with Crippen LogP contribution >= 0.6 is 0 Å². The zero-order valence-electron chi connectivity index (χ0n) is 9.86. The van der Waals surface area contributed by atoms with E-state index in [-0.39, 0.29) is 12.5 Å². The van der Waals surface area contributed by atoms with Gasteiger partial charge in [-0.15, -0.1) is 0 Å². The van der Waals surface area contributed by atoms with Gasteiger partial charge in [-0.25, -0.2) is 0 Å². The van der Waals surface area contributed by atoms with Crippen LogP contribution in [0.15, 0.2) is 18.2 Å². The average Bonchev–Trinajstić information content (AvgIpc) is 2.25. The monoisotopic (exact) mass is 236 g/mol. The third-order valence-electron chi connectivity index (χ3n) is 2.76. The van der Waals surface area contributed by atoms with E-state index in [2.05, 4.69) is 5.32 Å². The molecule has 2 rings (SSSR count). The molecule has 92 valence electrons. The Morgan fingerprint density at radius 3 is 2.88 bits per heavy atom. The summed E-state index contributed by atoms with van der Waals surface area (Å²) in [6.07, 6.45) is 0. The molecule has 0 saturated heterocycles. The largest absolute Gasteiger partial charge is 0.482 e. The van der Waals surface area contributed by atoms with Gasteiger partial charge in [0, 0.05) is 0 Å². The number of aliphatic hydroxyl groups is 1. The molecule has 1 heterocycles. The average molecular weight is 236 g/mol. The number of nitrogens with two attached hydrogens (primary N) is 1. The van der Waals surface area contributed by atoms with Crippen molar-refractivity contribution in [2.24, 2.45) is 5.73 Å². The molecule has 1 aromatic rings. The first-order chi connectivity index (χ1) is 7.88. The molecule has 1 aliphatic rings. The number of amides is 1. The molecule has 0 aromatic heterocycles. The molecule has 1 aromatic carbocycles. The number of hydrogen-bond donors (Lipinski definition) is 3. The Hall–Kier alpha value is -1.59. The molecule has 5 nitrogen and oxygen atoms in total. The fraction of sp³-hybridized carbons (Fsp3) is 0.417. The normalized spacial score (nSPS) is 16.8. The van der Waals surface area contributed by atoms with Gasteiger partial charge in [-0.3, -0.25) is 4.79 Å². The second-order valence-corrected chi connectivity index (χ2v) is 4.72. The van der Waals surface area contributed by atoms with Gasteiger partial charge < -0.3 is 20.9 Å². The van der Waals surface area contributed by atoms with Crippen molar-refractivity contribution in [1.82, 2.24) is 0 Å². The number of carbonyl (C=O) groups is 1. The third-order valence-corrected chi connectivity index (χ3v) is 2.76. The van der Waals surface area contributed by atoms with Crippen molar-refractivity contribution >= 4 is 11.6 Å². The first-order valence-corrected chi connectivity index (χ1v) is 5.42. The van der Waals surface area contributed by atoms with E-state index in [0.29, 0.717) is 11.4 Å². The van der Waals surface area contributed by atoms with Crippen LogP contribution in [-0.2, 0) is 4.79 Å². The first-order valence-electron chi connectivity index (χ1n) is 5.42. The Morgan fingerprint density at radius 2 is 2.24 bits per heavy atom. The van der Waals surface area contributed by atoms with Gasteiger partial charge in [0.05, 0.1) is 17.3 Å². The predicted octanol–water partition coefficient (Wildman–Crippen LogP) is 0.788. The van der Waals surface area contributed by atoms with Gasteiger partial charge in [0.1, 0.15) is 5.75 Å². The van der Waals surface area contributed by atoms with Gasteiger partial charge in [0.25, 0.3) is 5.91 Å². The van der Waals surface area contributed by atoms with Gasteiger partial charge in [-0.2, -0.15) is 0 Å². The van der Waals surface area contributed by atoms with Gasteiger partial charge in [0.2, 0.25) is 0 Å². The maximum Gasteiger partial charge on any atom is 0.262 e. The Kier molecular flexibility index (Phi) is 2.81. The van der Waals surface area contributed by atoms with Gasteiger partial charge >= 0.3 is 0 Å². The lowest BCUT2D eigenvalue weighted by Crippen LogP contribution is -2.35. The molecule has 0 spiro atoms. The number of nitrogens with one attached hydrogen (secondary N) is 1. The second kappa shape index (κ2) is 4.01. The number of ether oxygens (including phenoxy) is 1. The van der Waals surface area contributed by atoms with Crippen molar-refractivity contribution in [3.63, 3.8) is 0 Å². The van der Waals surface area contributed by atoms with E-state index in [1.54, 1.807) is 32.0 Å². The number of benzene rings is 1. The molecule has 0 aliphatic carbocycles.